The lowest BCUT2D eigenvalue weighted by atomic mass is 9.98. The molecule has 1 amide bonds. The van der Waals surface area contributed by atoms with E-state index in [1.807, 2.05) is 13.8 Å². The number of rotatable bonds is 6. The monoisotopic (exact) mass is 372 g/mol. The SMILES string of the molecule is Cc1nn(-c2ccc(F)cc2)c(C)c1CNC(=O)CCC1CCCCN1C. The topological polar surface area (TPSA) is 50.2 Å². The van der Waals surface area contributed by atoms with Crippen molar-refractivity contribution in [2.45, 2.75) is 58.5 Å². The number of hydrogen-bond acceptors (Lipinski definition) is 3. The number of aryl methyl sites for hydroxylation is 1. The highest BCUT2D eigenvalue weighted by Crippen LogP contribution is 2.20. The van der Waals surface area contributed by atoms with Gasteiger partial charge in [0.2, 0.25) is 5.91 Å². The van der Waals surface area contributed by atoms with E-state index in [0.29, 0.717) is 19.0 Å². The molecule has 1 N–H and O–H groups in total. The van der Waals surface area contributed by atoms with Gasteiger partial charge in [0, 0.05) is 30.3 Å². The Morgan fingerprint density at radius 1 is 1.26 bits per heavy atom. The maximum absolute atomic E-state index is 13.1. The van der Waals surface area contributed by atoms with Crippen LogP contribution in [-0.4, -0.2) is 40.2 Å². The van der Waals surface area contributed by atoms with Gasteiger partial charge >= 0.3 is 0 Å². The Bertz CT molecular complexity index is 784. The van der Waals surface area contributed by atoms with Gasteiger partial charge in [0.25, 0.3) is 0 Å². The Morgan fingerprint density at radius 2 is 2.00 bits per heavy atom. The summed E-state index contributed by atoms with van der Waals surface area (Å²) in [6.45, 7) is 5.51. The fourth-order valence-electron chi connectivity index (χ4n) is 3.85. The summed E-state index contributed by atoms with van der Waals surface area (Å²) in [7, 11) is 2.15. The molecule has 0 bridgehead atoms. The van der Waals surface area contributed by atoms with Gasteiger partial charge in [-0.2, -0.15) is 5.10 Å². The van der Waals surface area contributed by atoms with Crippen LogP contribution < -0.4 is 5.32 Å². The number of benzene rings is 1. The van der Waals surface area contributed by atoms with Gasteiger partial charge in [-0.1, -0.05) is 6.42 Å². The van der Waals surface area contributed by atoms with Crippen LogP contribution in [0.3, 0.4) is 0 Å². The summed E-state index contributed by atoms with van der Waals surface area (Å²) in [4.78, 5) is 14.7. The van der Waals surface area contributed by atoms with Crippen LogP contribution in [0.1, 0.15) is 49.1 Å². The van der Waals surface area contributed by atoms with Crippen molar-refractivity contribution in [2.75, 3.05) is 13.6 Å². The molecule has 27 heavy (non-hydrogen) atoms. The number of hydrogen-bond donors (Lipinski definition) is 1. The molecule has 146 valence electrons. The summed E-state index contributed by atoms with van der Waals surface area (Å²) in [6, 6.07) is 6.79. The van der Waals surface area contributed by atoms with Crippen LogP contribution in [0.15, 0.2) is 24.3 Å². The van der Waals surface area contributed by atoms with E-state index in [4.69, 9.17) is 0 Å². The van der Waals surface area contributed by atoms with Crippen LogP contribution in [0.4, 0.5) is 4.39 Å². The number of aromatic nitrogens is 2. The number of carbonyl (C=O) groups is 1. The Kier molecular flexibility index (Phi) is 6.26. The van der Waals surface area contributed by atoms with E-state index in [2.05, 4.69) is 22.4 Å². The fourth-order valence-corrected chi connectivity index (χ4v) is 3.85. The van der Waals surface area contributed by atoms with Crippen LogP contribution in [0.2, 0.25) is 0 Å². The molecule has 1 aromatic heterocycles. The minimum Gasteiger partial charge on any atom is -0.352 e. The summed E-state index contributed by atoms with van der Waals surface area (Å²) >= 11 is 0. The normalized spacial score (nSPS) is 17.9. The second-order valence-electron chi connectivity index (χ2n) is 7.48. The first-order chi connectivity index (χ1) is 13.0. The van der Waals surface area contributed by atoms with Gasteiger partial charge in [0.15, 0.2) is 0 Å². The molecule has 0 saturated carbocycles. The van der Waals surface area contributed by atoms with E-state index in [0.717, 1.165) is 35.6 Å². The number of amides is 1. The molecule has 1 fully saturated rings. The van der Waals surface area contributed by atoms with Crippen molar-refractivity contribution in [3.8, 4) is 5.69 Å². The third-order valence-corrected chi connectivity index (χ3v) is 5.60. The van der Waals surface area contributed by atoms with Crippen molar-refractivity contribution in [3.63, 3.8) is 0 Å². The van der Waals surface area contributed by atoms with E-state index in [9.17, 15) is 9.18 Å². The maximum atomic E-state index is 13.1. The van der Waals surface area contributed by atoms with E-state index in [-0.39, 0.29) is 11.7 Å². The number of halogens is 1. The molecular formula is C21H29FN4O. The predicted molar refractivity (Wildman–Crippen MR) is 104 cm³/mol. The molecule has 0 radical (unpaired) electrons. The minimum atomic E-state index is -0.267. The molecule has 1 unspecified atom stereocenters. The van der Waals surface area contributed by atoms with Gasteiger partial charge in [-0.15, -0.1) is 0 Å². The smallest absolute Gasteiger partial charge is 0.220 e. The van der Waals surface area contributed by atoms with Crippen molar-refractivity contribution in [1.82, 2.24) is 20.0 Å². The quantitative estimate of drug-likeness (QED) is 0.844. The first-order valence-electron chi connectivity index (χ1n) is 9.73. The number of nitrogens with zero attached hydrogens (tertiary/aromatic N) is 3. The summed E-state index contributed by atoms with van der Waals surface area (Å²) < 4.78 is 14.9. The number of piperidine rings is 1. The van der Waals surface area contributed by atoms with Crippen molar-refractivity contribution in [2.24, 2.45) is 0 Å². The summed E-state index contributed by atoms with van der Waals surface area (Å²) in [5.41, 5.74) is 3.67. The van der Waals surface area contributed by atoms with Crippen LogP contribution in [0.25, 0.3) is 5.69 Å². The lowest BCUT2D eigenvalue weighted by Gasteiger charge is -2.32. The lowest BCUT2D eigenvalue weighted by molar-refractivity contribution is -0.121. The highest BCUT2D eigenvalue weighted by atomic mass is 19.1. The van der Waals surface area contributed by atoms with Gasteiger partial charge in [-0.25, -0.2) is 9.07 Å². The lowest BCUT2D eigenvalue weighted by Crippen LogP contribution is -2.37. The molecule has 1 saturated heterocycles. The van der Waals surface area contributed by atoms with Gasteiger partial charge in [0.1, 0.15) is 5.82 Å². The summed E-state index contributed by atoms with van der Waals surface area (Å²) in [5.74, 6) is -0.182. The molecule has 2 heterocycles. The molecule has 1 aliphatic heterocycles. The molecule has 6 heteroatoms. The van der Waals surface area contributed by atoms with Crippen molar-refractivity contribution < 1.29 is 9.18 Å². The molecule has 5 nitrogen and oxygen atoms in total. The van der Waals surface area contributed by atoms with Crippen LogP contribution >= 0.6 is 0 Å². The molecule has 0 spiro atoms. The zero-order valence-electron chi connectivity index (χ0n) is 16.5. The zero-order valence-corrected chi connectivity index (χ0v) is 16.5. The van der Waals surface area contributed by atoms with Crippen LogP contribution in [0.5, 0.6) is 0 Å². The van der Waals surface area contributed by atoms with Crippen molar-refractivity contribution in [1.29, 1.82) is 0 Å². The predicted octanol–water partition coefficient (Wildman–Crippen LogP) is 3.51. The Balaban J connectivity index is 1.57. The van der Waals surface area contributed by atoms with E-state index < -0.39 is 0 Å². The van der Waals surface area contributed by atoms with Gasteiger partial charge in [0.05, 0.1) is 11.4 Å². The number of nitrogens with one attached hydrogen (secondary N) is 1. The van der Waals surface area contributed by atoms with E-state index in [1.165, 1.54) is 31.4 Å². The molecule has 2 aromatic rings. The minimum absolute atomic E-state index is 0.0855. The zero-order chi connectivity index (χ0) is 19.4. The van der Waals surface area contributed by atoms with Gasteiger partial charge in [-0.05, 0) is 71.0 Å². The van der Waals surface area contributed by atoms with Crippen molar-refractivity contribution in [3.05, 3.63) is 47.0 Å². The maximum Gasteiger partial charge on any atom is 0.220 e. The third kappa shape index (κ3) is 4.75. The highest BCUT2D eigenvalue weighted by molar-refractivity contribution is 5.75. The number of likely N-dealkylation sites (tertiary alicyclic amines) is 1. The van der Waals surface area contributed by atoms with Crippen LogP contribution in [0, 0.1) is 19.7 Å². The van der Waals surface area contributed by atoms with E-state index in [1.54, 1.807) is 16.8 Å². The average molecular weight is 372 g/mol. The highest BCUT2D eigenvalue weighted by Gasteiger charge is 2.20. The summed E-state index contributed by atoms with van der Waals surface area (Å²) in [5, 5.41) is 7.59. The average Bonchev–Trinajstić information content (AvgIpc) is 2.94. The molecule has 1 atom stereocenters. The van der Waals surface area contributed by atoms with E-state index >= 15 is 0 Å². The fraction of sp³-hybridized carbons (Fsp3) is 0.524. The molecule has 1 aromatic carbocycles. The van der Waals surface area contributed by atoms with Crippen molar-refractivity contribution >= 4 is 5.91 Å². The standard InChI is InChI=1S/C21H29FN4O/c1-15-20(16(2)26(24-15)19-9-7-17(22)8-10-19)14-23-21(27)12-11-18-6-4-5-13-25(18)3/h7-10,18H,4-6,11-14H2,1-3H3,(H,23,27). The molecule has 1 aliphatic rings. The van der Waals surface area contributed by atoms with Gasteiger partial charge < -0.3 is 10.2 Å². The first kappa shape index (κ1) is 19.5. The van der Waals surface area contributed by atoms with Crippen LogP contribution in [-0.2, 0) is 11.3 Å². The Labute approximate surface area is 160 Å². The molecule has 3 rings (SSSR count). The third-order valence-electron chi connectivity index (χ3n) is 5.60. The second kappa shape index (κ2) is 8.65. The second-order valence-corrected chi connectivity index (χ2v) is 7.48. The largest absolute Gasteiger partial charge is 0.352 e. The first-order valence-corrected chi connectivity index (χ1v) is 9.73. The molecule has 0 aliphatic carbocycles. The Morgan fingerprint density at radius 3 is 2.70 bits per heavy atom. The molecular weight excluding hydrogens is 343 g/mol. The number of carbonyl (C=O) groups excluding carboxylic acids is 1. The Hall–Kier alpha value is -2.21. The summed E-state index contributed by atoms with van der Waals surface area (Å²) in [6.07, 6.45) is 5.17. The van der Waals surface area contributed by atoms with Gasteiger partial charge in [-0.3, -0.25) is 4.79 Å².